The third-order valence-electron chi connectivity index (χ3n) is 1.89. The number of pyridine rings is 1. The standard InChI is InChI=1S/C10H9Br2F2NO2/c1-2-17-10(16)5-3-6(9(13)14)15-7(4-11)8(5)12/h3,9H,2,4H2,1H3. The molecular weight excluding hydrogens is 364 g/mol. The molecule has 0 radical (unpaired) electrons. The minimum absolute atomic E-state index is 0.0617. The Kier molecular flexibility index (Phi) is 5.45. The van der Waals surface area contributed by atoms with Crippen molar-refractivity contribution in [3.8, 4) is 0 Å². The molecule has 1 aromatic rings. The molecule has 0 aliphatic carbocycles. The molecule has 0 aliphatic rings. The molecule has 0 saturated carbocycles. The average molecular weight is 373 g/mol. The molecule has 1 aromatic heterocycles. The molecule has 3 nitrogen and oxygen atoms in total. The highest BCUT2D eigenvalue weighted by atomic mass is 79.9. The van der Waals surface area contributed by atoms with Crippen molar-refractivity contribution in [3.05, 3.63) is 27.5 Å². The van der Waals surface area contributed by atoms with Gasteiger partial charge in [0.25, 0.3) is 6.43 Å². The summed E-state index contributed by atoms with van der Waals surface area (Å²) in [6.07, 6.45) is -2.73. The first kappa shape index (κ1) is 14.5. The van der Waals surface area contributed by atoms with E-state index in [1.54, 1.807) is 6.92 Å². The monoisotopic (exact) mass is 371 g/mol. The van der Waals surface area contributed by atoms with Crippen LogP contribution in [0.1, 0.15) is 35.1 Å². The maximum Gasteiger partial charge on any atom is 0.339 e. The van der Waals surface area contributed by atoms with E-state index in [4.69, 9.17) is 4.74 Å². The van der Waals surface area contributed by atoms with Gasteiger partial charge in [-0.25, -0.2) is 18.6 Å². The van der Waals surface area contributed by atoms with Crippen LogP contribution in [0.3, 0.4) is 0 Å². The van der Waals surface area contributed by atoms with Gasteiger partial charge in [-0.1, -0.05) is 15.9 Å². The smallest absolute Gasteiger partial charge is 0.339 e. The van der Waals surface area contributed by atoms with E-state index < -0.39 is 18.1 Å². The van der Waals surface area contributed by atoms with Crippen LogP contribution in [0.4, 0.5) is 8.78 Å². The van der Waals surface area contributed by atoms with Gasteiger partial charge >= 0.3 is 5.97 Å². The molecule has 0 unspecified atom stereocenters. The predicted molar refractivity (Wildman–Crippen MR) is 65.5 cm³/mol. The minimum atomic E-state index is -2.73. The molecule has 1 rings (SSSR count). The summed E-state index contributed by atoms with van der Waals surface area (Å²) < 4.78 is 30.4. The molecule has 1 heterocycles. The number of halogens is 4. The van der Waals surface area contributed by atoms with E-state index in [-0.39, 0.29) is 17.5 Å². The zero-order valence-corrected chi connectivity index (χ0v) is 12.0. The van der Waals surface area contributed by atoms with Crippen LogP contribution in [-0.4, -0.2) is 17.6 Å². The number of hydrogen-bond donors (Lipinski definition) is 0. The van der Waals surface area contributed by atoms with Crippen LogP contribution in [0.15, 0.2) is 10.5 Å². The maximum absolute atomic E-state index is 12.6. The minimum Gasteiger partial charge on any atom is -0.462 e. The van der Waals surface area contributed by atoms with Crippen molar-refractivity contribution in [1.29, 1.82) is 0 Å². The summed E-state index contributed by atoms with van der Waals surface area (Å²) in [7, 11) is 0. The van der Waals surface area contributed by atoms with Crippen LogP contribution in [-0.2, 0) is 10.1 Å². The highest BCUT2D eigenvalue weighted by Crippen LogP contribution is 2.28. The molecule has 0 N–H and O–H groups in total. The first-order valence-electron chi connectivity index (χ1n) is 4.71. The predicted octanol–water partition coefficient (Wildman–Crippen LogP) is 3.85. The number of alkyl halides is 3. The Balaban J connectivity index is 3.27. The zero-order chi connectivity index (χ0) is 13.0. The maximum atomic E-state index is 12.6. The number of carbonyl (C=O) groups excluding carboxylic acids is 1. The Morgan fingerprint density at radius 3 is 2.71 bits per heavy atom. The number of carbonyl (C=O) groups is 1. The zero-order valence-electron chi connectivity index (χ0n) is 8.84. The lowest BCUT2D eigenvalue weighted by Crippen LogP contribution is -2.09. The van der Waals surface area contributed by atoms with Crippen LogP contribution >= 0.6 is 31.9 Å². The summed E-state index contributed by atoms with van der Waals surface area (Å²) in [6, 6.07) is 1.04. The van der Waals surface area contributed by atoms with Crippen molar-refractivity contribution >= 4 is 37.8 Å². The Morgan fingerprint density at radius 1 is 1.59 bits per heavy atom. The first-order chi connectivity index (χ1) is 8.01. The molecule has 0 aromatic carbocycles. The molecule has 0 fully saturated rings. The highest BCUT2D eigenvalue weighted by Gasteiger charge is 2.20. The van der Waals surface area contributed by atoms with Gasteiger partial charge in [-0.2, -0.15) is 0 Å². The van der Waals surface area contributed by atoms with E-state index in [1.165, 1.54) is 0 Å². The Labute approximate surface area is 114 Å². The van der Waals surface area contributed by atoms with Crippen molar-refractivity contribution in [2.24, 2.45) is 0 Å². The second kappa shape index (κ2) is 6.39. The number of rotatable bonds is 4. The fourth-order valence-corrected chi connectivity index (χ4v) is 2.45. The van der Waals surface area contributed by atoms with Gasteiger partial charge in [0.2, 0.25) is 0 Å². The topological polar surface area (TPSA) is 39.2 Å². The van der Waals surface area contributed by atoms with E-state index in [9.17, 15) is 13.6 Å². The molecule has 0 aliphatic heterocycles. The van der Waals surface area contributed by atoms with Gasteiger partial charge in [-0.05, 0) is 28.9 Å². The van der Waals surface area contributed by atoms with Crippen LogP contribution < -0.4 is 0 Å². The molecule has 0 amide bonds. The van der Waals surface area contributed by atoms with Crippen molar-refractivity contribution in [2.75, 3.05) is 6.61 Å². The fraction of sp³-hybridized carbons (Fsp3) is 0.400. The van der Waals surface area contributed by atoms with Gasteiger partial charge in [0.15, 0.2) is 0 Å². The summed E-state index contributed by atoms with van der Waals surface area (Å²) in [6.45, 7) is 1.83. The van der Waals surface area contributed by atoms with E-state index in [1.807, 2.05) is 0 Å². The average Bonchev–Trinajstić information content (AvgIpc) is 2.29. The van der Waals surface area contributed by atoms with Gasteiger partial charge in [-0.15, -0.1) is 0 Å². The summed E-state index contributed by atoms with van der Waals surface area (Å²) in [4.78, 5) is 15.3. The molecule has 0 bridgehead atoms. The lowest BCUT2D eigenvalue weighted by molar-refractivity contribution is 0.0524. The fourth-order valence-electron chi connectivity index (χ4n) is 1.16. The number of esters is 1. The molecule has 7 heteroatoms. The summed E-state index contributed by atoms with van der Waals surface area (Å²) in [5.41, 5.74) is -0.0387. The second-order valence-corrected chi connectivity index (χ2v) is 4.36. The normalized spacial score (nSPS) is 10.7. The molecular formula is C10H9Br2F2NO2. The quantitative estimate of drug-likeness (QED) is 0.595. The van der Waals surface area contributed by atoms with Crippen molar-refractivity contribution in [1.82, 2.24) is 4.98 Å². The molecule has 94 valence electrons. The Hall–Kier alpha value is -0.560. The highest BCUT2D eigenvalue weighted by molar-refractivity contribution is 9.10. The summed E-state index contributed by atoms with van der Waals surface area (Å²) in [5.74, 6) is -0.647. The van der Waals surface area contributed by atoms with E-state index in [0.29, 0.717) is 10.2 Å². The van der Waals surface area contributed by atoms with Crippen molar-refractivity contribution in [3.63, 3.8) is 0 Å². The lowest BCUT2D eigenvalue weighted by atomic mass is 10.2. The van der Waals surface area contributed by atoms with Crippen molar-refractivity contribution in [2.45, 2.75) is 18.7 Å². The van der Waals surface area contributed by atoms with E-state index >= 15 is 0 Å². The van der Waals surface area contributed by atoms with Gasteiger partial charge in [0.05, 0.1) is 22.3 Å². The van der Waals surface area contributed by atoms with Gasteiger partial charge < -0.3 is 4.74 Å². The van der Waals surface area contributed by atoms with Crippen LogP contribution in [0.2, 0.25) is 0 Å². The molecule has 0 atom stereocenters. The lowest BCUT2D eigenvalue weighted by Gasteiger charge is -2.09. The molecule has 0 spiro atoms. The van der Waals surface area contributed by atoms with Gasteiger partial charge in [0, 0.05) is 5.33 Å². The molecule has 17 heavy (non-hydrogen) atoms. The van der Waals surface area contributed by atoms with E-state index in [2.05, 4.69) is 36.8 Å². The largest absolute Gasteiger partial charge is 0.462 e. The van der Waals surface area contributed by atoms with Crippen molar-refractivity contribution < 1.29 is 18.3 Å². The summed E-state index contributed by atoms with van der Waals surface area (Å²) >= 11 is 6.28. The Bertz CT molecular complexity index is 427. The van der Waals surface area contributed by atoms with Crippen LogP contribution in [0.5, 0.6) is 0 Å². The SMILES string of the molecule is CCOC(=O)c1cc(C(F)F)nc(CBr)c1Br. The van der Waals surface area contributed by atoms with Gasteiger partial charge in [-0.3, -0.25) is 0 Å². The third kappa shape index (κ3) is 3.45. The number of ether oxygens (including phenoxy) is 1. The first-order valence-corrected chi connectivity index (χ1v) is 6.63. The number of aromatic nitrogens is 1. The number of hydrogen-bond acceptors (Lipinski definition) is 3. The molecule has 0 saturated heterocycles. The number of nitrogens with zero attached hydrogens (tertiary/aromatic N) is 1. The Morgan fingerprint density at radius 2 is 2.24 bits per heavy atom. The van der Waals surface area contributed by atoms with Crippen LogP contribution in [0.25, 0.3) is 0 Å². The van der Waals surface area contributed by atoms with E-state index in [0.717, 1.165) is 6.07 Å². The van der Waals surface area contributed by atoms with Crippen LogP contribution in [0, 0.1) is 0 Å². The second-order valence-electron chi connectivity index (χ2n) is 3.01. The van der Waals surface area contributed by atoms with Gasteiger partial charge in [0.1, 0.15) is 5.69 Å². The summed E-state index contributed by atoms with van der Waals surface area (Å²) in [5, 5.41) is 0.264. The third-order valence-corrected chi connectivity index (χ3v) is 3.31.